The van der Waals surface area contributed by atoms with Crippen molar-refractivity contribution in [2.24, 2.45) is 12.8 Å². The topological polar surface area (TPSA) is 72.9 Å². The predicted octanol–water partition coefficient (Wildman–Crippen LogP) is 0.805. The zero-order valence-electron chi connectivity index (χ0n) is 11.0. The Kier molecular flexibility index (Phi) is 3.16. The van der Waals surface area contributed by atoms with Gasteiger partial charge in [-0.1, -0.05) is 0 Å². The van der Waals surface area contributed by atoms with Gasteiger partial charge in [-0.05, 0) is 18.9 Å². The summed E-state index contributed by atoms with van der Waals surface area (Å²) in [5, 5.41) is 4.17. The molecular weight excluding hydrogens is 240 g/mol. The minimum Gasteiger partial charge on any atom is -0.337 e. The van der Waals surface area contributed by atoms with Gasteiger partial charge in [-0.25, -0.2) is 9.97 Å². The number of rotatable bonds is 3. The second-order valence-electron chi connectivity index (χ2n) is 4.87. The lowest BCUT2D eigenvalue weighted by molar-refractivity contribution is 0.664. The quantitative estimate of drug-likeness (QED) is 0.881. The van der Waals surface area contributed by atoms with Crippen molar-refractivity contribution in [1.29, 1.82) is 0 Å². The maximum absolute atomic E-state index is 5.80. The Morgan fingerprint density at radius 3 is 3.11 bits per heavy atom. The molecule has 1 saturated heterocycles. The van der Waals surface area contributed by atoms with Crippen molar-refractivity contribution < 1.29 is 0 Å². The number of aromatic nitrogens is 4. The number of hydrogen-bond acceptors (Lipinski definition) is 5. The van der Waals surface area contributed by atoms with Gasteiger partial charge in [0, 0.05) is 44.1 Å². The summed E-state index contributed by atoms with van der Waals surface area (Å²) in [5.41, 5.74) is 7.72. The molecule has 1 aliphatic rings. The van der Waals surface area contributed by atoms with E-state index in [0.29, 0.717) is 12.6 Å². The van der Waals surface area contributed by atoms with Gasteiger partial charge in [-0.3, -0.25) is 4.68 Å². The molecule has 0 bridgehead atoms. The first-order valence-corrected chi connectivity index (χ1v) is 6.56. The van der Waals surface area contributed by atoms with Crippen LogP contribution in [0.5, 0.6) is 0 Å². The lowest BCUT2D eigenvalue weighted by atomic mass is 10.2. The average Bonchev–Trinajstić information content (AvgIpc) is 3.07. The van der Waals surface area contributed by atoms with Gasteiger partial charge < -0.3 is 10.6 Å². The van der Waals surface area contributed by atoms with E-state index in [2.05, 4.69) is 20.0 Å². The Labute approximate surface area is 112 Å². The van der Waals surface area contributed by atoms with Crippen molar-refractivity contribution >= 4 is 5.95 Å². The van der Waals surface area contributed by atoms with Crippen LogP contribution in [-0.4, -0.2) is 38.9 Å². The maximum atomic E-state index is 5.80. The molecule has 3 rings (SSSR count). The van der Waals surface area contributed by atoms with E-state index in [-0.39, 0.29) is 0 Å². The van der Waals surface area contributed by atoms with E-state index in [0.717, 1.165) is 36.6 Å². The first-order chi connectivity index (χ1) is 9.28. The van der Waals surface area contributed by atoms with Crippen LogP contribution in [0.15, 0.2) is 24.7 Å². The summed E-state index contributed by atoms with van der Waals surface area (Å²) < 4.78 is 1.77. The third-order valence-corrected chi connectivity index (χ3v) is 3.55. The van der Waals surface area contributed by atoms with Gasteiger partial charge in [0.15, 0.2) is 0 Å². The molecule has 2 aromatic rings. The van der Waals surface area contributed by atoms with Gasteiger partial charge in [-0.2, -0.15) is 5.10 Å². The molecule has 1 fully saturated rings. The van der Waals surface area contributed by atoms with Crippen molar-refractivity contribution in [2.45, 2.75) is 18.9 Å². The van der Waals surface area contributed by atoms with Crippen LogP contribution in [0.2, 0.25) is 0 Å². The van der Waals surface area contributed by atoms with Crippen LogP contribution >= 0.6 is 0 Å². The van der Waals surface area contributed by atoms with Gasteiger partial charge >= 0.3 is 0 Å². The summed E-state index contributed by atoms with van der Waals surface area (Å²) in [5.74, 6) is 0.773. The molecule has 1 aliphatic heterocycles. The first-order valence-electron chi connectivity index (χ1n) is 6.56. The van der Waals surface area contributed by atoms with E-state index >= 15 is 0 Å². The monoisotopic (exact) mass is 258 g/mol. The van der Waals surface area contributed by atoms with E-state index in [1.54, 1.807) is 10.9 Å². The van der Waals surface area contributed by atoms with Crippen molar-refractivity contribution in [3.63, 3.8) is 0 Å². The lowest BCUT2D eigenvalue weighted by Crippen LogP contribution is -2.36. The summed E-state index contributed by atoms with van der Waals surface area (Å²) in [6, 6.07) is 2.28. The van der Waals surface area contributed by atoms with Crippen LogP contribution in [0.4, 0.5) is 5.95 Å². The molecule has 0 radical (unpaired) electrons. The molecule has 2 N–H and O–H groups in total. The molecule has 0 saturated carbocycles. The van der Waals surface area contributed by atoms with Crippen molar-refractivity contribution in [1.82, 2.24) is 19.7 Å². The van der Waals surface area contributed by atoms with Crippen molar-refractivity contribution in [2.75, 3.05) is 18.0 Å². The lowest BCUT2D eigenvalue weighted by Gasteiger charge is -2.23. The van der Waals surface area contributed by atoms with Gasteiger partial charge in [0.1, 0.15) is 0 Å². The number of anilines is 1. The van der Waals surface area contributed by atoms with Crippen LogP contribution < -0.4 is 10.6 Å². The fraction of sp³-hybridized carbons (Fsp3) is 0.462. The third-order valence-electron chi connectivity index (χ3n) is 3.55. The number of aryl methyl sites for hydroxylation is 1. The Morgan fingerprint density at radius 1 is 1.47 bits per heavy atom. The van der Waals surface area contributed by atoms with Crippen LogP contribution in [0.3, 0.4) is 0 Å². The summed E-state index contributed by atoms with van der Waals surface area (Å²) in [4.78, 5) is 11.2. The largest absolute Gasteiger partial charge is 0.337 e. The molecule has 0 aliphatic carbocycles. The van der Waals surface area contributed by atoms with Gasteiger partial charge in [0.2, 0.25) is 5.95 Å². The van der Waals surface area contributed by atoms with E-state index in [9.17, 15) is 0 Å². The minimum absolute atomic E-state index is 0.365. The third kappa shape index (κ3) is 2.31. The SMILES string of the molecule is Cn1cc(-c2ccnc(N3CCCC3CN)n2)cn1. The predicted molar refractivity (Wildman–Crippen MR) is 73.7 cm³/mol. The zero-order chi connectivity index (χ0) is 13.2. The number of nitrogens with zero attached hydrogens (tertiary/aromatic N) is 5. The fourth-order valence-electron chi connectivity index (χ4n) is 2.55. The second kappa shape index (κ2) is 4.97. The summed E-state index contributed by atoms with van der Waals surface area (Å²) in [7, 11) is 1.90. The molecular formula is C13H18N6. The van der Waals surface area contributed by atoms with Crippen LogP contribution in [-0.2, 0) is 7.05 Å². The Balaban J connectivity index is 1.91. The molecule has 1 atom stereocenters. The molecule has 19 heavy (non-hydrogen) atoms. The van der Waals surface area contributed by atoms with Gasteiger partial charge in [-0.15, -0.1) is 0 Å². The average molecular weight is 258 g/mol. The molecule has 3 heterocycles. The molecule has 0 spiro atoms. The zero-order valence-corrected chi connectivity index (χ0v) is 11.0. The van der Waals surface area contributed by atoms with E-state index < -0.39 is 0 Å². The molecule has 100 valence electrons. The van der Waals surface area contributed by atoms with Gasteiger partial charge in [0.25, 0.3) is 0 Å². The van der Waals surface area contributed by atoms with E-state index in [1.807, 2.05) is 25.5 Å². The second-order valence-corrected chi connectivity index (χ2v) is 4.87. The van der Waals surface area contributed by atoms with Gasteiger partial charge in [0.05, 0.1) is 11.9 Å². The van der Waals surface area contributed by atoms with Crippen LogP contribution in [0.25, 0.3) is 11.3 Å². The van der Waals surface area contributed by atoms with E-state index in [4.69, 9.17) is 5.73 Å². The minimum atomic E-state index is 0.365. The van der Waals surface area contributed by atoms with Crippen LogP contribution in [0.1, 0.15) is 12.8 Å². The highest BCUT2D eigenvalue weighted by atomic mass is 15.3. The summed E-state index contributed by atoms with van der Waals surface area (Å²) in [6.45, 7) is 1.64. The highest BCUT2D eigenvalue weighted by Crippen LogP contribution is 2.24. The highest BCUT2D eigenvalue weighted by Gasteiger charge is 2.25. The molecule has 0 aromatic carbocycles. The smallest absolute Gasteiger partial charge is 0.226 e. The molecule has 0 amide bonds. The van der Waals surface area contributed by atoms with Crippen molar-refractivity contribution in [3.05, 3.63) is 24.7 Å². The first kappa shape index (κ1) is 12.1. The summed E-state index contributed by atoms with van der Waals surface area (Å²) >= 11 is 0. The van der Waals surface area contributed by atoms with Crippen molar-refractivity contribution in [3.8, 4) is 11.3 Å². The summed E-state index contributed by atoms with van der Waals surface area (Å²) in [6.07, 6.45) is 7.85. The highest BCUT2D eigenvalue weighted by molar-refractivity contribution is 5.58. The van der Waals surface area contributed by atoms with Crippen LogP contribution in [0, 0.1) is 0 Å². The molecule has 2 aromatic heterocycles. The number of nitrogens with two attached hydrogens (primary N) is 1. The van der Waals surface area contributed by atoms with E-state index in [1.165, 1.54) is 0 Å². The molecule has 6 nitrogen and oxygen atoms in total. The Hall–Kier alpha value is -1.95. The molecule has 6 heteroatoms. The fourth-order valence-corrected chi connectivity index (χ4v) is 2.55. The Morgan fingerprint density at radius 2 is 2.37 bits per heavy atom. The Bertz CT molecular complexity index is 564. The normalized spacial score (nSPS) is 19.1. The maximum Gasteiger partial charge on any atom is 0.226 e. The number of hydrogen-bond donors (Lipinski definition) is 1. The standard InChI is InChI=1S/C13H18N6/c1-18-9-10(8-16-18)12-4-5-15-13(17-12)19-6-2-3-11(19)7-14/h4-5,8-9,11H,2-3,6-7,14H2,1H3. The molecule has 1 unspecified atom stereocenters.